The molecule has 0 amide bonds. The Labute approximate surface area is 121 Å². The summed E-state index contributed by atoms with van der Waals surface area (Å²) in [7, 11) is 0. The van der Waals surface area contributed by atoms with Gasteiger partial charge in [-0.1, -0.05) is 30.4 Å². The van der Waals surface area contributed by atoms with Crippen LogP contribution in [0.1, 0.15) is 5.56 Å². The maximum atomic E-state index is 5.76. The second kappa shape index (κ2) is 5.22. The largest absolute Gasteiger partial charge is 0.437 e. The van der Waals surface area contributed by atoms with Gasteiger partial charge < -0.3 is 10.5 Å². The number of pyridine rings is 2. The quantitative estimate of drug-likeness (QED) is 0.748. The first-order valence-electron chi connectivity index (χ1n) is 6.01. The maximum absolute atomic E-state index is 5.76. The topological polar surface area (TPSA) is 61.0 Å². The minimum Gasteiger partial charge on any atom is -0.437 e. The lowest BCUT2D eigenvalue weighted by Crippen LogP contribution is -2.11. The van der Waals surface area contributed by atoms with E-state index in [-0.39, 0.29) is 4.99 Å². The molecular formula is C15H11N3OS. The molecule has 1 aromatic carbocycles. The van der Waals surface area contributed by atoms with Crippen molar-refractivity contribution in [2.75, 3.05) is 0 Å². The van der Waals surface area contributed by atoms with Crippen molar-refractivity contribution in [2.24, 2.45) is 5.73 Å². The summed E-state index contributed by atoms with van der Waals surface area (Å²) in [6.45, 7) is 0. The SMILES string of the molecule is NC(=S)c1cc2ccccc2nc1Oc1cccnc1. The monoisotopic (exact) mass is 281 g/mol. The van der Waals surface area contributed by atoms with Crippen LogP contribution in [0.5, 0.6) is 11.6 Å². The van der Waals surface area contributed by atoms with Gasteiger partial charge >= 0.3 is 0 Å². The fourth-order valence-corrected chi connectivity index (χ4v) is 2.02. The number of hydrogen-bond donors (Lipinski definition) is 1. The van der Waals surface area contributed by atoms with Crippen molar-refractivity contribution in [3.63, 3.8) is 0 Å². The fourth-order valence-electron chi connectivity index (χ4n) is 1.87. The zero-order valence-electron chi connectivity index (χ0n) is 10.5. The summed E-state index contributed by atoms with van der Waals surface area (Å²) in [5.41, 5.74) is 7.19. The van der Waals surface area contributed by atoms with Gasteiger partial charge in [0.15, 0.2) is 0 Å². The molecule has 0 saturated carbocycles. The molecule has 0 atom stereocenters. The van der Waals surface area contributed by atoms with E-state index in [0.29, 0.717) is 17.2 Å². The van der Waals surface area contributed by atoms with Crippen LogP contribution in [0.25, 0.3) is 10.9 Å². The number of ether oxygens (including phenoxy) is 1. The summed E-state index contributed by atoms with van der Waals surface area (Å²) < 4.78 is 5.74. The second-order valence-corrected chi connectivity index (χ2v) is 4.63. The number of nitrogens with zero attached hydrogens (tertiary/aromatic N) is 2. The van der Waals surface area contributed by atoms with Crippen LogP contribution in [0.2, 0.25) is 0 Å². The number of aromatic nitrogens is 2. The highest BCUT2D eigenvalue weighted by atomic mass is 32.1. The molecule has 3 aromatic rings. The lowest BCUT2D eigenvalue weighted by molar-refractivity contribution is 0.462. The molecule has 0 radical (unpaired) electrons. The van der Waals surface area contributed by atoms with Crippen LogP contribution in [-0.4, -0.2) is 15.0 Å². The van der Waals surface area contributed by atoms with E-state index in [9.17, 15) is 0 Å². The molecule has 5 heteroatoms. The Morgan fingerprint density at radius 3 is 2.75 bits per heavy atom. The van der Waals surface area contributed by atoms with E-state index in [1.165, 1.54) is 0 Å². The Morgan fingerprint density at radius 1 is 1.15 bits per heavy atom. The van der Waals surface area contributed by atoms with Gasteiger partial charge in [0.05, 0.1) is 17.3 Å². The molecule has 98 valence electrons. The lowest BCUT2D eigenvalue weighted by Gasteiger charge is -2.10. The summed E-state index contributed by atoms with van der Waals surface area (Å²) >= 11 is 5.07. The van der Waals surface area contributed by atoms with Gasteiger partial charge in [-0.2, -0.15) is 0 Å². The summed E-state index contributed by atoms with van der Waals surface area (Å²) in [5, 5.41) is 0.967. The molecule has 4 nitrogen and oxygen atoms in total. The molecule has 0 aliphatic rings. The van der Waals surface area contributed by atoms with Gasteiger partial charge in [-0.15, -0.1) is 0 Å². The van der Waals surface area contributed by atoms with Gasteiger partial charge in [-0.25, -0.2) is 4.98 Å². The fraction of sp³-hybridized carbons (Fsp3) is 0. The Morgan fingerprint density at radius 2 is 2.00 bits per heavy atom. The van der Waals surface area contributed by atoms with Crippen molar-refractivity contribution in [1.29, 1.82) is 0 Å². The zero-order chi connectivity index (χ0) is 13.9. The maximum Gasteiger partial charge on any atom is 0.230 e. The van der Waals surface area contributed by atoms with E-state index >= 15 is 0 Å². The number of hydrogen-bond acceptors (Lipinski definition) is 4. The number of nitrogens with two attached hydrogens (primary N) is 1. The Hall–Kier alpha value is -2.53. The second-order valence-electron chi connectivity index (χ2n) is 4.19. The molecule has 0 unspecified atom stereocenters. The first-order chi connectivity index (χ1) is 9.74. The standard InChI is InChI=1S/C15H11N3OS/c16-14(20)12-8-10-4-1-2-6-13(10)18-15(12)19-11-5-3-7-17-9-11/h1-9H,(H2,16,20). The molecule has 0 spiro atoms. The highest BCUT2D eigenvalue weighted by Gasteiger charge is 2.11. The van der Waals surface area contributed by atoms with Crippen LogP contribution in [0.15, 0.2) is 54.9 Å². The minimum absolute atomic E-state index is 0.252. The highest BCUT2D eigenvalue weighted by Crippen LogP contribution is 2.26. The average molecular weight is 281 g/mol. The van der Waals surface area contributed by atoms with Crippen molar-refractivity contribution in [3.8, 4) is 11.6 Å². The third kappa shape index (κ3) is 2.44. The third-order valence-corrected chi connectivity index (χ3v) is 3.02. The Kier molecular flexibility index (Phi) is 3.26. The number of fused-ring (bicyclic) bond motifs is 1. The molecule has 0 aliphatic heterocycles. The molecule has 0 aliphatic carbocycles. The number of para-hydroxylation sites is 1. The van der Waals surface area contributed by atoms with Gasteiger partial charge in [0.2, 0.25) is 5.88 Å². The van der Waals surface area contributed by atoms with Crippen LogP contribution in [0.4, 0.5) is 0 Å². The lowest BCUT2D eigenvalue weighted by atomic mass is 10.1. The van der Waals surface area contributed by atoms with E-state index in [2.05, 4.69) is 9.97 Å². The van der Waals surface area contributed by atoms with Crippen molar-refractivity contribution >= 4 is 28.1 Å². The van der Waals surface area contributed by atoms with Crippen molar-refractivity contribution in [1.82, 2.24) is 9.97 Å². The molecule has 20 heavy (non-hydrogen) atoms. The molecule has 2 N–H and O–H groups in total. The van der Waals surface area contributed by atoms with Crippen LogP contribution >= 0.6 is 12.2 Å². The van der Waals surface area contributed by atoms with Crippen LogP contribution in [0.3, 0.4) is 0 Å². The van der Waals surface area contributed by atoms with E-state index in [1.54, 1.807) is 24.5 Å². The van der Waals surface area contributed by atoms with E-state index in [4.69, 9.17) is 22.7 Å². The van der Waals surface area contributed by atoms with Crippen LogP contribution in [-0.2, 0) is 0 Å². The van der Waals surface area contributed by atoms with Crippen molar-refractivity contribution < 1.29 is 4.74 Å². The Balaban J connectivity index is 2.12. The zero-order valence-corrected chi connectivity index (χ0v) is 11.3. The molecule has 0 bridgehead atoms. The highest BCUT2D eigenvalue weighted by molar-refractivity contribution is 7.80. The smallest absolute Gasteiger partial charge is 0.230 e. The van der Waals surface area contributed by atoms with Crippen LogP contribution in [0, 0.1) is 0 Å². The molecule has 2 heterocycles. The van der Waals surface area contributed by atoms with E-state index in [0.717, 1.165) is 10.9 Å². The molecule has 0 fully saturated rings. The summed E-state index contributed by atoms with van der Waals surface area (Å²) in [6.07, 6.45) is 3.29. The average Bonchev–Trinajstić information content (AvgIpc) is 2.47. The Bertz CT molecular complexity index is 774. The number of benzene rings is 1. The number of rotatable bonds is 3. The first kappa shape index (κ1) is 12.5. The van der Waals surface area contributed by atoms with E-state index in [1.807, 2.05) is 30.3 Å². The minimum atomic E-state index is 0.252. The number of thiocarbonyl (C=S) groups is 1. The summed E-state index contributed by atoms with van der Waals surface area (Å²) in [6, 6.07) is 13.2. The van der Waals surface area contributed by atoms with Gasteiger partial charge in [0.1, 0.15) is 10.7 Å². The predicted molar refractivity (Wildman–Crippen MR) is 81.9 cm³/mol. The van der Waals surface area contributed by atoms with Gasteiger partial charge in [0, 0.05) is 11.6 Å². The van der Waals surface area contributed by atoms with Gasteiger partial charge in [0.25, 0.3) is 0 Å². The summed E-state index contributed by atoms with van der Waals surface area (Å²) in [5.74, 6) is 0.983. The molecular weight excluding hydrogens is 270 g/mol. The van der Waals surface area contributed by atoms with Crippen molar-refractivity contribution in [3.05, 3.63) is 60.4 Å². The van der Waals surface area contributed by atoms with E-state index < -0.39 is 0 Å². The first-order valence-corrected chi connectivity index (χ1v) is 6.42. The van der Waals surface area contributed by atoms with Gasteiger partial charge in [-0.05, 0) is 24.3 Å². The third-order valence-electron chi connectivity index (χ3n) is 2.80. The predicted octanol–water partition coefficient (Wildman–Crippen LogP) is 3.06. The summed E-state index contributed by atoms with van der Waals surface area (Å²) in [4.78, 5) is 8.73. The van der Waals surface area contributed by atoms with Gasteiger partial charge in [-0.3, -0.25) is 4.98 Å². The van der Waals surface area contributed by atoms with Crippen LogP contribution < -0.4 is 10.5 Å². The normalized spacial score (nSPS) is 10.4. The molecule has 2 aromatic heterocycles. The molecule has 0 saturated heterocycles. The van der Waals surface area contributed by atoms with Crippen molar-refractivity contribution in [2.45, 2.75) is 0 Å². The molecule has 3 rings (SSSR count).